The van der Waals surface area contributed by atoms with E-state index in [4.69, 9.17) is 11.6 Å². The molecule has 0 atom stereocenters. The van der Waals surface area contributed by atoms with Gasteiger partial charge in [0.25, 0.3) is 0 Å². The molecule has 4 aliphatic carbocycles. The van der Waals surface area contributed by atoms with Crippen LogP contribution >= 0.6 is 23.4 Å². The Kier molecular flexibility index (Phi) is 7.62. The number of hydrogen-bond acceptors (Lipinski definition) is 4. The van der Waals surface area contributed by atoms with Gasteiger partial charge >= 0.3 is 0 Å². The number of carbonyl (C=O) groups excluding carboxylic acids is 1. The lowest BCUT2D eigenvalue weighted by atomic mass is 9.48. The third-order valence-electron chi connectivity index (χ3n) is 8.22. The van der Waals surface area contributed by atoms with Gasteiger partial charge in [-0.15, -0.1) is 0 Å². The Morgan fingerprint density at radius 2 is 1.69 bits per heavy atom. The molecule has 194 valence electrons. The second kappa shape index (κ2) is 10.6. The molecule has 4 aliphatic rings. The second-order valence-corrected chi connectivity index (χ2v) is 14.5. The Morgan fingerprint density at radius 3 is 2.28 bits per heavy atom. The highest BCUT2D eigenvalue weighted by molar-refractivity contribution is 7.98. The van der Waals surface area contributed by atoms with Crippen molar-refractivity contribution >= 4 is 45.0 Å². The molecule has 5 nitrogen and oxygen atoms in total. The average Bonchev–Trinajstić information content (AvgIpc) is 2.81. The SMILES string of the molecule is CS(=O)(=O)N(CC(=O)NCCSCc1cccc(Cl)c1)c1ccc(C23CC4CC(CC(C4)C2)C3)cc1. The minimum atomic E-state index is -3.59. The summed E-state index contributed by atoms with van der Waals surface area (Å²) in [5.74, 6) is 3.81. The minimum Gasteiger partial charge on any atom is -0.354 e. The van der Waals surface area contributed by atoms with E-state index >= 15 is 0 Å². The van der Waals surface area contributed by atoms with Crippen molar-refractivity contribution in [1.82, 2.24) is 5.32 Å². The zero-order valence-electron chi connectivity index (χ0n) is 20.8. The number of halogens is 1. The molecule has 6 rings (SSSR count). The van der Waals surface area contributed by atoms with E-state index in [9.17, 15) is 13.2 Å². The Balaban J connectivity index is 1.17. The fourth-order valence-corrected chi connectivity index (χ4v) is 8.99. The maximum atomic E-state index is 12.6. The summed E-state index contributed by atoms with van der Waals surface area (Å²) in [5.41, 5.74) is 3.30. The molecule has 1 amide bonds. The van der Waals surface area contributed by atoms with Gasteiger partial charge in [-0.2, -0.15) is 11.8 Å². The number of nitrogens with zero attached hydrogens (tertiary/aromatic N) is 1. The van der Waals surface area contributed by atoms with Crippen LogP contribution in [0.4, 0.5) is 5.69 Å². The number of hydrogen-bond donors (Lipinski definition) is 1. The molecule has 36 heavy (non-hydrogen) atoms. The Morgan fingerprint density at radius 1 is 1.06 bits per heavy atom. The maximum Gasteiger partial charge on any atom is 0.240 e. The van der Waals surface area contributed by atoms with Crippen LogP contribution in [0, 0.1) is 17.8 Å². The van der Waals surface area contributed by atoms with E-state index < -0.39 is 10.0 Å². The highest BCUT2D eigenvalue weighted by atomic mass is 35.5. The zero-order chi connectivity index (χ0) is 25.3. The molecule has 0 aliphatic heterocycles. The topological polar surface area (TPSA) is 66.5 Å². The lowest BCUT2D eigenvalue weighted by Crippen LogP contribution is -2.48. The maximum absolute atomic E-state index is 12.6. The quantitative estimate of drug-likeness (QED) is 0.393. The third-order valence-corrected chi connectivity index (χ3v) is 10.6. The number of carbonyl (C=O) groups is 1. The van der Waals surface area contributed by atoms with Gasteiger partial charge in [0.1, 0.15) is 6.54 Å². The van der Waals surface area contributed by atoms with Crippen molar-refractivity contribution in [2.75, 3.05) is 29.4 Å². The highest BCUT2D eigenvalue weighted by Crippen LogP contribution is 2.60. The molecule has 2 aromatic rings. The molecular weight excluding hydrogens is 512 g/mol. The van der Waals surface area contributed by atoms with Crippen molar-refractivity contribution in [3.8, 4) is 0 Å². The molecule has 0 saturated heterocycles. The van der Waals surface area contributed by atoms with Gasteiger partial charge in [-0.3, -0.25) is 9.10 Å². The summed E-state index contributed by atoms with van der Waals surface area (Å²) in [6.45, 7) is 0.265. The molecule has 4 fully saturated rings. The van der Waals surface area contributed by atoms with E-state index in [0.29, 0.717) is 17.3 Å². The number of sulfonamides is 1. The smallest absolute Gasteiger partial charge is 0.240 e. The summed E-state index contributed by atoms with van der Waals surface area (Å²) in [6.07, 6.45) is 9.16. The Labute approximate surface area is 224 Å². The van der Waals surface area contributed by atoms with Crippen molar-refractivity contribution in [2.45, 2.75) is 49.7 Å². The van der Waals surface area contributed by atoms with Crippen LogP contribution in [0.3, 0.4) is 0 Å². The van der Waals surface area contributed by atoms with E-state index in [1.807, 2.05) is 36.4 Å². The normalized spacial score (nSPS) is 26.7. The third kappa shape index (κ3) is 5.89. The predicted molar refractivity (Wildman–Crippen MR) is 149 cm³/mol. The van der Waals surface area contributed by atoms with Gasteiger partial charge in [0, 0.05) is 23.1 Å². The van der Waals surface area contributed by atoms with Crippen LogP contribution in [0.5, 0.6) is 0 Å². The lowest BCUT2D eigenvalue weighted by Gasteiger charge is -2.57. The van der Waals surface area contributed by atoms with E-state index in [-0.39, 0.29) is 17.9 Å². The lowest BCUT2D eigenvalue weighted by molar-refractivity contribution is -0.119. The van der Waals surface area contributed by atoms with Crippen LogP contribution in [0.2, 0.25) is 5.02 Å². The molecule has 0 aromatic heterocycles. The van der Waals surface area contributed by atoms with Gasteiger partial charge in [0.05, 0.1) is 11.9 Å². The van der Waals surface area contributed by atoms with Crippen molar-refractivity contribution < 1.29 is 13.2 Å². The summed E-state index contributed by atoms with van der Waals surface area (Å²) < 4.78 is 26.3. The number of benzene rings is 2. The van der Waals surface area contributed by atoms with Crippen molar-refractivity contribution in [2.24, 2.45) is 17.8 Å². The summed E-state index contributed by atoms with van der Waals surface area (Å²) >= 11 is 7.72. The van der Waals surface area contributed by atoms with Crippen molar-refractivity contribution in [3.05, 3.63) is 64.7 Å². The molecule has 0 unspecified atom stereocenters. The predicted octanol–water partition coefficient (Wildman–Crippen LogP) is 5.62. The van der Waals surface area contributed by atoms with Gasteiger partial charge in [0.15, 0.2) is 0 Å². The summed E-state index contributed by atoms with van der Waals surface area (Å²) in [6, 6.07) is 15.7. The number of nitrogens with one attached hydrogen (secondary N) is 1. The van der Waals surface area contributed by atoms with Crippen LogP contribution in [-0.4, -0.2) is 39.4 Å². The molecule has 8 heteroatoms. The van der Waals surface area contributed by atoms with Gasteiger partial charge in [-0.25, -0.2) is 8.42 Å². The molecule has 0 radical (unpaired) electrons. The Bertz CT molecular complexity index is 1160. The highest BCUT2D eigenvalue weighted by Gasteiger charge is 2.51. The molecule has 4 saturated carbocycles. The first kappa shape index (κ1) is 25.9. The second-order valence-electron chi connectivity index (χ2n) is 11.0. The van der Waals surface area contributed by atoms with E-state index in [1.165, 1.54) is 48.4 Å². The molecule has 0 heterocycles. The number of thioether (sulfide) groups is 1. The number of anilines is 1. The Hall–Kier alpha value is -1.70. The summed E-state index contributed by atoms with van der Waals surface area (Å²) in [7, 11) is -3.59. The van der Waals surface area contributed by atoms with Gasteiger partial charge in [-0.05, 0) is 97.1 Å². The molecule has 2 aromatic carbocycles. The van der Waals surface area contributed by atoms with Gasteiger partial charge < -0.3 is 5.32 Å². The van der Waals surface area contributed by atoms with Crippen LogP contribution in [0.15, 0.2) is 48.5 Å². The molecule has 4 bridgehead atoms. The van der Waals surface area contributed by atoms with Gasteiger partial charge in [-0.1, -0.05) is 35.9 Å². The average molecular weight is 547 g/mol. The number of rotatable bonds is 10. The largest absolute Gasteiger partial charge is 0.354 e. The van der Waals surface area contributed by atoms with E-state index in [1.54, 1.807) is 11.8 Å². The first-order valence-electron chi connectivity index (χ1n) is 12.9. The van der Waals surface area contributed by atoms with Crippen LogP contribution in [0.25, 0.3) is 0 Å². The summed E-state index contributed by atoms with van der Waals surface area (Å²) in [5, 5.41) is 3.58. The van der Waals surface area contributed by atoms with Crippen LogP contribution in [-0.2, 0) is 26.0 Å². The van der Waals surface area contributed by atoms with E-state index in [0.717, 1.165) is 41.1 Å². The first-order chi connectivity index (χ1) is 17.2. The molecular formula is C28H35ClN2O3S2. The molecule has 1 N–H and O–H groups in total. The van der Waals surface area contributed by atoms with Crippen molar-refractivity contribution in [1.29, 1.82) is 0 Å². The fourth-order valence-electron chi connectivity index (χ4n) is 7.11. The van der Waals surface area contributed by atoms with Crippen LogP contribution < -0.4 is 9.62 Å². The first-order valence-corrected chi connectivity index (χ1v) is 16.3. The number of amides is 1. The van der Waals surface area contributed by atoms with E-state index in [2.05, 4.69) is 17.4 Å². The van der Waals surface area contributed by atoms with Gasteiger partial charge in [0.2, 0.25) is 15.9 Å². The zero-order valence-corrected chi connectivity index (χ0v) is 23.2. The monoisotopic (exact) mass is 546 g/mol. The van der Waals surface area contributed by atoms with Crippen molar-refractivity contribution in [3.63, 3.8) is 0 Å². The standard InChI is InChI=1S/C28H35ClN2O3S2/c1-36(33,34)31(18-27(32)30-9-10-35-19-20-3-2-4-25(29)14-20)26-7-5-24(6-8-26)28-15-21-11-22(16-28)13-23(12-21)17-28/h2-8,14,21-23H,9-13,15-19H2,1H3,(H,30,32). The molecule has 0 spiro atoms. The minimum absolute atomic E-state index is 0.214. The van der Waals surface area contributed by atoms with Crippen LogP contribution in [0.1, 0.15) is 49.7 Å². The summed E-state index contributed by atoms with van der Waals surface area (Å²) in [4.78, 5) is 12.6. The fraction of sp³-hybridized carbons (Fsp3) is 0.536.